The van der Waals surface area contributed by atoms with E-state index in [1.54, 1.807) is 23.1 Å². The second-order valence-corrected chi connectivity index (χ2v) is 4.25. The quantitative estimate of drug-likeness (QED) is 0.775. The molecule has 2 rings (SSSR count). The summed E-state index contributed by atoms with van der Waals surface area (Å²) in [4.78, 5) is 15.9. The van der Waals surface area contributed by atoms with Crippen molar-refractivity contribution in [2.45, 2.75) is 26.7 Å². The van der Waals surface area contributed by atoms with Crippen LogP contribution in [0.2, 0.25) is 0 Å². The summed E-state index contributed by atoms with van der Waals surface area (Å²) in [5.41, 5.74) is 1.37. The molecular weight excluding hydrogens is 204 g/mol. The Morgan fingerprint density at radius 3 is 3.06 bits per heavy atom. The normalized spacial score (nSPS) is 11.2. The minimum absolute atomic E-state index is 0.193. The van der Waals surface area contributed by atoms with Crippen LogP contribution in [-0.2, 0) is 11.2 Å². The monoisotopic (exact) mass is 218 g/mol. The maximum atomic E-state index is 11.7. The second-order valence-electron chi connectivity index (χ2n) is 4.25. The first-order valence-electron chi connectivity index (χ1n) is 5.31. The van der Waals surface area contributed by atoms with E-state index < -0.39 is 0 Å². The lowest BCUT2D eigenvalue weighted by Crippen LogP contribution is -2.09. The molecule has 2 aromatic heterocycles. The Kier molecular flexibility index (Phi) is 2.94. The fraction of sp³-hybridized carbons (Fsp3) is 0.455. The van der Waals surface area contributed by atoms with Crippen LogP contribution in [0.25, 0.3) is 5.65 Å². The van der Waals surface area contributed by atoms with Crippen LogP contribution in [-0.4, -0.2) is 25.4 Å². The number of rotatable bonds is 4. The van der Waals surface area contributed by atoms with Gasteiger partial charge in [0.1, 0.15) is 12.1 Å². The number of hydrogen-bond donors (Lipinski definition) is 0. The molecule has 0 aliphatic carbocycles. The third kappa shape index (κ3) is 2.24. The van der Waals surface area contributed by atoms with Crippen LogP contribution in [0, 0.1) is 5.92 Å². The molecule has 2 aromatic rings. The van der Waals surface area contributed by atoms with Crippen molar-refractivity contribution in [2.24, 2.45) is 5.92 Å². The lowest BCUT2D eigenvalue weighted by Gasteiger charge is -2.03. The van der Waals surface area contributed by atoms with Gasteiger partial charge in [0, 0.05) is 18.8 Å². The summed E-state index contributed by atoms with van der Waals surface area (Å²) in [6.45, 7) is 4.06. The van der Waals surface area contributed by atoms with E-state index in [0.717, 1.165) is 0 Å². The first-order chi connectivity index (χ1) is 7.66. The van der Waals surface area contributed by atoms with Gasteiger partial charge in [0.05, 0.1) is 12.1 Å². The van der Waals surface area contributed by atoms with Crippen LogP contribution in [0.1, 0.15) is 26.0 Å². The van der Waals surface area contributed by atoms with Gasteiger partial charge in [0.25, 0.3) is 0 Å². The predicted molar refractivity (Wildman–Crippen MR) is 58.9 cm³/mol. The van der Waals surface area contributed by atoms with Crippen LogP contribution in [0.15, 0.2) is 18.7 Å². The first kappa shape index (κ1) is 10.7. The van der Waals surface area contributed by atoms with Gasteiger partial charge in [-0.05, 0) is 5.92 Å². The van der Waals surface area contributed by atoms with Crippen LogP contribution < -0.4 is 0 Å². The maximum Gasteiger partial charge on any atom is 0.182 e. The van der Waals surface area contributed by atoms with Gasteiger partial charge < -0.3 is 0 Å². The zero-order valence-electron chi connectivity index (χ0n) is 9.42. The molecule has 0 amide bonds. The molecule has 2 heterocycles. The summed E-state index contributed by atoms with van der Waals surface area (Å²) < 4.78 is 1.77. The molecule has 0 saturated heterocycles. The van der Waals surface area contributed by atoms with Gasteiger partial charge in [-0.15, -0.1) is 10.2 Å². The number of Topliss-reactive ketones (excluding diaryl/α,β-unsaturated/α-hetero) is 1. The van der Waals surface area contributed by atoms with E-state index in [2.05, 4.69) is 15.2 Å². The van der Waals surface area contributed by atoms with Crippen molar-refractivity contribution in [3.63, 3.8) is 0 Å². The Bertz CT molecular complexity index is 503. The molecule has 0 fully saturated rings. The van der Waals surface area contributed by atoms with E-state index in [1.807, 2.05) is 13.8 Å². The summed E-state index contributed by atoms with van der Waals surface area (Å²) in [6.07, 6.45) is 5.95. The van der Waals surface area contributed by atoms with E-state index in [0.29, 0.717) is 30.1 Å². The highest BCUT2D eigenvalue weighted by molar-refractivity contribution is 5.81. The number of fused-ring (bicyclic) bond motifs is 1. The highest BCUT2D eigenvalue weighted by atomic mass is 16.1. The largest absolute Gasteiger partial charge is 0.299 e. The van der Waals surface area contributed by atoms with Gasteiger partial charge in [-0.2, -0.15) is 0 Å². The Hall–Kier alpha value is -1.78. The standard InChI is InChI=1S/C11H14N4O/c1-8(2)5-9(16)6-10-11-14-13-7-15(11)4-3-12-10/h3-4,7-8H,5-6H2,1-2H3. The highest BCUT2D eigenvalue weighted by Gasteiger charge is 2.11. The summed E-state index contributed by atoms with van der Waals surface area (Å²) in [5.74, 6) is 0.573. The molecule has 0 saturated carbocycles. The lowest BCUT2D eigenvalue weighted by atomic mass is 10.0. The van der Waals surface area contributed by atoms with Gasteiger partial charge in [-0.1, -0.05) is 13.8 Å². The molecule has 5 nitrogen and oxygen atoms in total. The van der Waals surface area contributed by atoms with Gasteiger partial charge in [0.2, 0.25) is 0 Å². The third-order valence-electron chi connectivity index (χ3n) is 2.29. The minimum Gasteiger partial charge on any atom is -0.299 e. The Morgan fingerprint density at radius 2 is 2.31 bits per heavy atom. The summed E-state index contributed by atoms with van der Waals surface area (Å²) in [7, 11) is 0. The Labute approximate surface area is 93.5 Å². The fourth-order valence-electron chi connectivity index (χ4n) is 1.65. The highest BCUT2D eigenvalue weighted by Crippen LogP contribution is 2.08. The molecular formula is C11H14N4O. The third-order valence-corrected chi connectivity index (χ3v) is 2.29. The van der Waals surface area contributed by atoms with Crippen LogP contribution in [0.4, 0.5) is 0 Å². The number of ketones is 1. The molecule has 0 N–H and O–H groups in total. The predicted octanol–water partition coefficient (Wildman–Crippen LogP) is 1.28. The number of aromatic nitrogens is 4. The van der Waals surface area contributed by atoms with Crippen LogP contribution in [0.3, 0.4) is 0 Å². The van der Waals surface area contributed by atoms with Gasteiger partial charge in [-0.3, -0.25) is 14.2 Å². The zero-order valence-corrected chi connectivity index (χ0v) is 9.42. The van der Waals surface area contributed by atoms with E-state index in [1.165, 1.54) is 0 Å². The number of hydrogen-bond acceptors (Lipinski definition) is 4. The molecule has 0 aliphatic heterocycles. The van der Waals surface area contributed by atoms with Gasteiger partial charge >= 0.3 is 0 Å². The average molecular weight is 218 g/mol. The smallest absolute Gasteiger partial charge is 0.182 e. The molecule has 0 radical (unpaired) electrons. The van der Waals surface area contributed by atoms with Crippen molar-refractivity contribution in [1.29, 1.82) is 0 Å². The molecule has 0 bridgehead atoms. The van der Waals surface area contributed by atoms with Crippen molar-refractivity contribution in [3.8, 4) is 0 Å². The SMILES string of the molecule is CC(C)CC(=O)Cc1nccn2cnnc12. The zero-order chi connectivity index (χ0) is 11.5. The maximum absolute atomic E-state index is 11.7. The van der Waals surface area contributed by atoms with Crippen molar-refractivity contribution < 1.29 is 4.79 Å². The van der Waals surface area contributed by atoms with E-state index in [9.17, 15) is 4.79 Å². The topological polar surface area (TPSA) is 60.2 Å². The second kappa shape index (κ2) is 4.38. The summed E-state index contributed by atoms with van der Waals surface area (Å²) >= 11 is 0. The van der Waals surface area contributed by atoms with Crippen LogP contribution >= 0.6 is 0 Å². The van der Waals surface area contributed by atoms with Crippen molar-refractivity contribution in [3.05, 3.63) is 24.4 Å². The summed E-state index contributed by atoms with van der Waals surface area (Å²) in [6, 6.07) is 0. The minimum atomic E-state index is 0.193. The van der Waals surface area contributed by atoms with Gasteiger partial charge in [-0.25, -0.2) is 0 Å². The molecule has 0 atom stereocenters. The van der Waals surface area contributed by atoms with Crippen LogP contribution in [0.5, 0.6) is 0 Å². The number of carbonyl (C=O) groups excluding carboxylic acids is 1. The van der Waals surface area contributed by atoms with Crippen molar-refractivity contribution in [1.82, 2.24) is 19.6 Å². The van der Waals surface area contributed by atoms with Gasteiger partial charge in [0.15, 0.2) is 5.65 Å². The lowest BCUT2D eigenvalue weighted by molar-refractivity contribution is -0.119. The molecule has 5 heteroatoms. The summed E-state index contributed by atoms with van der Waals surface area (Å²) in [5, 5.41) is 7.74. The molecule has 84 valence electrons. The number of carbonyl (C=O) groups is 1. The molecule has 16 heavy (non-hydrogen) atoms. The molecule has 0 spiro atoms. The average Bonchev–Trinajstić information content (AvgIpc) is 2.65. The van der Waals surface area contributed by atoms with E-state index >= 15 is 0 Å². The number of nitrogens with zero attached hydrogens (tertiary/aromatic N) is 4. The molecule has 0 unspecified atom stereocenters. The Balaban J connectivity index is 2.20. The molecule has 0 aromatic carbocycles. The first-order valence-corrected chi connectivity index (χ1v) is 5.31. The molecule has 0 aliphatic rings. The van der Waals surface area contributed by atoms with E-state index in [-0.39, 0.29) is 5.78 Å². The Morgan fingerprint density at radius 1 is 1.50 bits per heavy atom. The van der Waals surface area contributed by atoms with Crippen molar-refractivity contribution in [2.75, 3.05) is 0 Å². The fourth-order valence-corrected chi connectivity index (χ4v) is 1.65. The van der Waals surface area contributed by atoms with E-state index in [4.69, 9.17) is 0 Å². The van der Waals surface area contributed by atoms with Crippen molar-refractivity contribution >= 4 is 11.4 Å².